The van der Waals surface area contributed by atoms with Crippen LogP contribution in [0.15, 0.2) is 67.3 Å². The molecule has 5 aromatic rings. The molecule has 0 saturated carbocycles. The van der Waals surface area contributed by atoms with Crippen LogP contribution in [0.25, 0.3) is 27.5 Å². The Morgan fingerprint density at radius 1 is 1.09 bits per heavy atom. The third-order valence-corrected chi connectivity index (χ3v) is 6.68. The molecule has 0 aliphatic rings. The van der Waals surface area contributed by atoms with Gasteiger partial charge in [-0.15, -0.1) is 11.3 Å². The number of halogens is 1. The lowest BCUT2D eigenvalue weighted by Crippen LogP contribution is -2.34. The van der Waals surface area contributed by atoms with Gasteiger partial charge in [-0.05, 0) is 36.8 Å². The summed E-state index contributed by atoms with van der Waals surface area (Å²) in [5.41, 5.74) is 1.58. The SMILES string of the molecule is Cc1ccc2c(c1)c(-n1c(=O)[nH]c3cscc3c1=O)c(C(=O)O)n2Cc1ccc(Br)cc1. The first-order valence-electron chi connectivity index (χ1n) is 9.67. The molecule has 0 spiro atoms. The molecule has 0 radical (unpaired) electrons. The highest BCUT2D eigenvalue weighted by Gasteiger charge is 2.27. The summed E-state index contributed by atoms with van der Waals surface area (Å²) >= 11 is 4.70. The molecule has 0 amide bonds. The summed E-state index contributed by atoms with van der Waals surface area (Å²) in [7, 11) is 0. The molecule has 3 heterocycles. The molecule has 2 N–H and O–H groups in total. The van der Waals surface area contributed by atoms with Gasteiger partial charge in [0.1, 0.15) is 0 Å². The van der Waals surface area contributed by atoms with E-state index in [0.717, 1.165) is 20.2 Å². The van der Waals surface area contributed by atoms with Crippen LogP contribution in [0, 0.1) is 6.92 Å². The third-order valence-electron chi connectivity index (χ3n) is 5.41. The summed E-state index contributed by atoms with van der Waals surface area (Å²) < 4.78 is 3.49. The first kappa shape index (κ1) is 20.5. The van der Waals surface area contributed by atoms with E-state index >= 15 is 0 Å². The van der Waals surface area contributed by atoms with Gasteiger partial charge in [0.25, 0.3) is 5.56 Å². The number of nitrogens with zero attached hydrogens (tertiary/aromatic N) is 2. The Morgan fingerprint density at radius 3 is 2.56 bits per heavy atom. The number of thiophene rings is 1. The zero-order valence-electron chi connectivity index (χ0n) is 16.8. The van der Waals surface area contributed by atoms with Crippen LogP contribution in [-0.2, 0) is 6.54 Å². The van der Waals surface area contributed by atoms with E-state index in [1.165, 1.54) is 11.3 Å². The maximum atomic E-state index is 13.3. The highest BCUT2D eigenvalue weighted by Crippen LogP contribution is 2.31. The molecule has 2 aromatic carbocycles. The smallest absolute Gasteiger partial charge is 0.354 e. The Balaban J connectivity index is 1.90. The van der Waals surface area contributed by atoms with Gasteiger partial charge in [-0.2, -0.15) is 0 Å². The van der Waals surface area contributed by atoms with E-state index in [0.29, 0.717) is 21.8 Å². The molecule has 0 saturated heterocycles. The number of aromatic carboxylic acids is 1. The fourth-order valence-corrected chi connectivity index (χ4v) is 5.00. The number of carboxylic acids is 1. The molecular weight excluding hydrogens is 494 g/mol. The second kappa shape index (κ2) is 7.61. The number of carbonyl (C=O) groups is 1. The fraction of sp³-hybridized carbons (Fsp3) is 0.0870. The van der Waals surface area contributed by atoms with Crippen LogP contribution in [-0.4, -0.2) is 25.2 Å². The van der Waals surface area contributed by atoms with E-state index in [1.807, 2.05) is 43.3 Å². The second-order valence-electron chi connectivity index (χ2n) is 7.51. The molecule has 0 aliphatic carbocycles. The largest absolute Gasteiger partial charge is 0.477 e. The number of benzene rings is 2. The number of fused-ring (bicyclic) bond motifs is 2. The normalized spacial score (nSPS) is 11.4. The highest BCUT2D eigenvalue weighted by molar-refractivity contribution is 9.10. The van der Waals surface area contributed by atoms with Crippen molar-refractivity contribution in [1.29, 1.82) is 0 Å². The lowest BCUT2D eigenvalue weighted by atomic mass is 10.1. The number of hydrogen-bond donors (Lipinski definition) is 2. The van der Waals surface area contributed by atoms with Gasteiger partial charge < -0.3 is 14.7 Å². The molecular formula is C23H16BrN3O4S. The molecule has 5 rings (SSSR count). The van der Waals surface area contributed by atoms with Gasteiger partial charge in [0, 0.05) is 27.2 Å². The minimum absolute atomic E-state index is 0.0765. The lowest BCUT2D eigenvalue weighted by Gasteiger charge is -2.10. The fourth-order valence-electron chi connectivity index (χ4n) is 3.98. The van der Waals surface area contributed by atoms with Crippen LogP contribution in [0.3, 0.4) is 0 Å². The predicted octanol–water partition coefficient (Wildman–Crippen LogP) is 4.51. The average Bonchev–Trinajstić information content (AvgIpc) is 3.33. The Labute approximate surface area is 193 Å². The van der Waals surface area contributed by atoms with Gasteiger partial charge >= 0.3 is 11.7 Å². The van der Waals surface area contributed by atoms with Gasteiger partial charge in [0.05, 0.1) is 22.1 Å². The number of rotatable bonds is 4. The van der Waals surface area contributed by atoms with E-state index < -0.39 is 17.2 Å². The lowest BCUT2D eigenvalue weighted by molar-refractivity contribution is 0.0686. The molecule has 0 fully saturated rings. The molecule has 32 heavy (non-hydrogen) atoms. The Bertz CT molecular complexity index is 1640. The number of H-pyrrole nitrogens is 1. The number of aromatic nitrogens is 3. The highest BCUT2D eigenvalue weighted by atomic mass is 79.9. The molecule has 160 valence electrons. The minimum atomic E-state index is -1.22. The maximum Gasteiger partial charge on any atom is 0.354 e. The third kappa shape index (κ3) is 3.21. The van der Waals surface area contributed by atoms with Crippen molar-refractivity contribution in [3.05, 3.63) is 95.4 Å². The first-order chi connectivity index (χ1) is 15.3. The van der Waals surface area contributed by atoms with Gasteiger partial charge in [0.15, 0.2) is 5.69 Å². The predicted molar refractivity (Wildman–Crippen MR) is 128 cm³/mol. The number of nitrogens with one attached hydrogen (secondary N) is 1. The Kier molecular flexibility index (Phi) is 4.87. The van der Waals surface area contributed by atoms with E-state index in [-0.39, 0.29) is 17.9 Å². The Morgan fingerprint density at radius 2 is 1.84 bits per heavy atom. The van der Waals surface area contributed by atoms with Crippen molar-refractivity contribution in [2.75, 3.05) is 0 Å². The van der Waals surface area contributed by atoms with Crippen LogP contribution in [0.1, 0.15) is 21.6 Å². The van der Waals surface area contributed by atoms with Gasteiger partial charge in [-0.25, -0.2) is 14.2 Å². The number of aryl methyl sites for hydroxylation is 1. The molecule has 0 unspecified atom stereocenters. The first-order valence-corrected chi connectivity index (χ1v) is 11.4. The monoisotopic (exact) mass is 509 g/mol. The van der Waals surface area contributed by atoms with Crippen molar-refractivity contribution in [2.24, 2.45) is 0 Å². The molecule has 7 nitrogen and oxygen atoms in total. The standard InChI is InChI=1S/C23H16BrN3O4S/c1-12-2-7-18-15(8-12)19(27-21(28)16-10-32-11-17(16)25-23(27)31)20(22(29)30)26(18)9-13-3-5-14(24)6-4-13/h2-8,10-11H,9H2,1H3,(H,25,31)(H,29,30). The Hall–Kier alpha value is -3.43. The zero-order valence-corrected chi connectivity index (χ0v) is 19.2. The van der Waals surface area contributed by atoms with Crippen LogP contribution in [0.2, 0.25) is 0 Å². The molecule has 0 bridgehead atoms. The van der Waals surface area contributed by atoms with E-state index in [4.69, 9.17) is 0 Å². The number of carboxylic acid groups (broad SMARTS) is 1. The molecule has 9 heteroatoms. The van der Waals surface area contributed by atoms with Crippen LogP contribution < -0.4 is 11.2 Å². The maximum absolute atomic E-state index is 13.3. The minimum Gasteiger partial charge on any atom is -0.477 e. The number of hydrogen-bond acceptors (Lipinski definition) is 4. The zero-order chi connectivity index (χ0) is 22.6. The summed E-state index contributed by atoms with van der Waals surface area (Å²) in [5.74, 6) is -1.22. The average molecular weight is 510 g/mol. The molecule has 3 aromatic heterocycles. The summed E-state index contributed by atoms with van der Waals surface area (Å²) in [6.07, 6.45) is 0. The van der Waals surface area contributed by atoms with Crippen LogP contribution >= 0.6 is 27.3 Å². The molecule has 0 aliphatic heterocycles. The van der Waals surface area contributed by atoms with Crippen molar-refractivity contribution in [3.8, 4) is 5.69 Å². The topological polar surface area (TPSA) is 97.1 Å². The van der Waals surface area contributed by atoms with Crippen LogP contribution in [0.5, 0.6) is 0 Å². The van der Waals surface area contributed by atoms with Crippen molar-refractivity contribution in [2.45, 2.75) is 13.5 Å². The van der Waals surface area contributed by atoms with E-state index in [9.17, 15) is 19.5 Å². The quantitative estimate of drug-likeness (QED) is 0.372. The van der Waals surface area contributed by atoms with E-state index in [1.54, 1.807) is 21.4 Å². The van der Waals surface area contributed by atoms with Crippen molar-refractivity contribution in [1.82, 2.24) is 14.1 Å². The van der Waals surface area contributed by atoms with E-state index in [2.05, 4.69) is 20.9 Å². The summed E-state index contributed by atoms with van der Waals surface area (Å²) in [6, 6.07) is 13.1. The van der Waals surface area contributed by atoms with Gasteiger partial charge in [-0.1, -0.05) is 39.7 Å². The van der Waals surface area contributed by atoms with Crippen LogP contribution in [0.4, 0.5) is 0 Å². The number of aromatic amines is 1. The van der Waals surface area contributed by atoms with Crippen molar-refractivity contribution >= 4 is 55.0 Å². The summed E-state index contributed by atoms with van der Waals surface area (Å²) in [6.45, 7) is 2.15. The second-order valence-corrected chi connectivity index (χ2v) is 9.16. The van der Waals surface area contributed by atoms with Crippen molar-refractivity contribution < 1.29 is 9.90 Å². The van der Waals surface area contributed by atoms with Crippen molar-refractivity contribution in [3.63, 3.8) is 0 Å². The van der Waals surface area contributed by atoms with Gasteiger partial charge in [0.2, 0.25) is 0 Å². The van der Waals surface area contributed by atoms with Gasteiger partial charge in [-0.3, -0.25) is 4.79 Å². The summed E-state index contributed by atoms with van der Waals surface area (Å²) in [4.78, 5) is 41.4. The molecule has 0 atom stereocenters. The summed E-state index contributed by atoms with van der Waals surface area (Å²) in [5, 5.41) is 14.4.